The van der Waals surface area contributed by atoms with Crippen LogP contribution in [-0.4, -0.2) is 47.8 Å². The third-order valence-corrected chi connectivity index (χ3v) is 2.76. The van der Waals surface area contributed by atoms with Gasteiger partial charge in [0, 0.05) is 13.1 Å². The van der Waals surface area contributed by atoms with Crippen LogP contribution < -0.4 is 5.32 Å². The molecule has 0 aliphatic carbocycles. The van der Waals surface area contributed by atoms with E-state index >= 15 is 0 Å². The molecule has 1 fully saturated rings. The second kappa shape index (κ2) is 5.49. The molecule has 0 aromatic carbocycles. The summed E-state index contributed by atoms with van der Waals surface area (Å²) in [6, 6.07) is -0.918. The number of carbonyl (C=O) groups is 2. The normalized spacial score (nSPS) is 18.2. The van der Waals surface area contributed by atoms with Crippen LogP contribution in [-0.2, 0) is 9.53 Å². The molecule has 20 heavy (non-hydrogen) atoms. The minimum absolute atomic E-state index is 0.358. The summed E-state index contributed by atoms with van der Waals surface area (Å²) in [5.41, 5.74) is -0.703. The summed E-state index contributed by atoms with van der Waals surface area (Å²) in [5.74, 6) is -2.02. The molecular weight excluding hydrogens is 277 g/mol. The molecule has 0 aromatic heterocycles. The standard InChI is InChI=1S/C12H19F3N2O3/c1-7(16-10(19)20-11(2,3)4)9(18)17-5-8(6-17)12(13,14)15/h7-8H,5-6H2,1-4H3,(H,16,19)/t7-/m1/s1. The Morgan fingerprint density at radius 2 is 1.75 bits per heavy atom. The van der Waals surface area contributed by atoms with E-state index in [1.807, 2.05) is 0 Å². The van der Waals surface area contributed by atoms with E-state index in [1.165, 1.54) is 6.92 Å². The molecule has 0 saturated carbocycles. The number of ether oxygens (including phenoxy) is 1. The van der Waals surface area contributed by atoms with Crippen LogP contribution >= 0.6 is 0 Å². The number of rotatable bonds is 2. The van der Waals surface area contributed by atoms with Crippen molar-refractivity contribution in [2.45, 2.75) is 45.5 Å². The molecule has 1 saturated heterocycles. The first-order chi connectivity index (χ1) is 8.90. The van der Waals surface area contributed by atoms with Crippen molar-refractivity contribution in [3.63, 3.8) is 0 Å². The number of hydrogen-bond acceptors (Lipinski definition) is 3. The quantitative estimate of drug-likeness (QED) is 0.847. The van der Waals surface area contributed by atoms with Crippen molar-refractivity contribution in [3.8, 4) is 0 Å². The van der Waals surface area contributed by atoms with Gasteiger partial charge in [-0.1, -0.05) is 0 Å². The highest BCUT2D eigenvalue weighted by Crippen LogP contribution is 2.33. The van der Waals surface area contributed by atoms with Crippen molar-refractivity contribution in [1.29, 1.82) is 0 Å². The lowest BCUT2D eigenvalue weighted by Crippen LogP contribution is -2.59. The minimum Gasteiger partial charge on any atom is -0.444 e. The highest BCUT2D eigenvalue weighted by atomic mass is 19.4. The lowest BCUT2D eigenvalue weighted by molar-refractivity contribution is -0.210. The van der Waals surface area contributed by atoms with E-state index in [9.17, 15) is 22.8 Å². The predicted octanol–water partition coefficient (Wildman–Crippen LogP) is 1.92. The smallest absolute Gasteiger partial charge is 0.408 e. The molecule has 1 heterocycles. The summed E-state index contributed by atoms with van der Waals surface area (Å²) >= 11 is 0. The summed E-state index contributed by atoms with van der Waals surface area (Å²) in [7, 11) is 0. The summed E-state index contributed by atoms with van der Waals surface area (Å²) in [6.45, 7) is 5.70. The highest BCUT2D eigenvalue weighted by molar-refractivity contribution is 5.85. The summed E-state index contributed by atoms with van der Waals surface area (Å²) in [6.07, 6.45) is -5.05. The van der Waals surface area contributed by atoms with Crippen molar-refractivity contribution < 1.29 is 27.5 Å². The third kappa shape index (κ3) is 4.57. The van der Waals surface area contributed by atoms with Crippen LogP contribution in [0.1, 0.15) is 27.7 Å². The van der Waals surface area contributed by atoms with E-state index in [1.54, 1.807) is 20.8 Å². The number of amides is 2. The number of alkyl halides is 3. The van der Waals surface area contributed by atoms with Crippen LogP contribution in [0.15, 0.2) is 0 Å². The second-order valence-electron chi connectivity index (χ2n) is 5.85. The van der Waals surface area contributed by atoms with Crippen molar-refractivity contribution >= 4 is 12.0 Å². The molecule has 0 bridgehead atoms. The number of halogens is 3. The van der Waals surface area contributed by atoms with Gasteiger partial charge in [0.25, 0.3) is 0 Å². The van der Waals surface area contributed by atoms with Gasteiger partial charge in [-0.25, -0.2) is 4.79 Å². The summed E-state index contributed by atoms with van der Waals surface area (Å²) in [4.78, 5) is 24.3. The van der Waals surface area contributed by atoms with Gasteiger partial charge >= 0.3 is 12.3 Å². The number of alkyl carbamates (subject to hydrolysis) is 1. The van der Waals surface area contributed by atoms with Crippen molar-refractivity contribution in [2.75, 3.05) is 13.1 Å². The van der Waals surface area contributed by atoms with Gasteiger partial charge in [-0.3, -0.25) is 4.79 Å². The molecule has 0 radical (unpaired) electrons. The molecule has 0 aromatic rings. The van der Waals surface area contributed by atoms with Gasteiger partial charge in [0.1, 0.15) is 11.6 Å². The fraction of sp³-hybridized carbons (Fsp3) is 0.833. The molecule has 5 nitrogen and oxygen atoms in total. The highest BCUT2D eigenvalue weighted by Gasteiger charge is 2.49. The number of carbonyl (C=O) groups excluding carboxylic acids is 2. The lowest BCUT2D eigenvalue weighted by Gasteiger charge is -2.41. The average molecular weight is 296 g/mol. The van der Waals surface area contributed by atoms with E-state index in [0.29, 0.717) is 0 Å². The predicted molar refractivity (Wildman–Crippen MR) is 65.0 cm³/mol. The maximum atomic E-state index is 12.3. The van der Waals surface area contributed by atoms with Gasteiger partial charge in [0.2, 0.25) is 5.91 Å². The molecule has 0 spiro atoms. The van der Waals surface area contributed by atoms with Crippen LogP contribution in [0.2, 0.25) is 0 Å². The van der Waals surface area contributed by atoms with E-state index in [2.05, 4.69) is 5.32 Å². The van der Waals surface area contributed by atoms with Crippen molar-refractivity contribution in [2.24, 2.45) is 5.92 Å². The first-order valence-corrected chi connectivity index (χ1v) is 6.25. The van der Waals surface area contributed by atoms with Gasteiger partial charge in [-0.05, 0) is 27.7 Å². The topological polar surface area (TPSA) is 58.6 Å². The Hall–Kier alpha value is -1.47. The molecule has 1 N–H and O–H groups in total. The van der Waals surface area contributed by atoms with E-state index < -0.39 is 35.7 Å². The molecule has 116 valence electrons. The number of hydrogen-bond donors (Lipinski definition) is 1. The van der Waals surface area contributed by atoms with Crippen LogP contribution in [0.3, 0.4) is 0 Å². The van der Waals surface area contributed by atoms with E-state index in [0.717, 1.165) is 4.90 Å². The first-order valence-electron chi connectivity index (χ1n) is 6.25. The largest absolute Gasteiger partial charge is 0.444 e. The van der Waals surface area contributed by atoms with Crippen LogP contribution in [0.25, 0.3) is 0 Å². The number of nitrogens with zero attached hydrogens (tertiary/aromatic N) is 1. The molecule has 1 aliphatic heterocycles. The van der Waals surface area contributed by atoms with Crippen molar-refractivity contribution in [3.05, 3.63) is 0 Å². The Bertz CT molecular complexity index is 384. The molecule has 1 aliphatic rings. The summed E-state index contributed by atoms with van der Waals surface area (Å²) in [5, 5.41) is 2.31. The molecule has 0 unspecified atom stereocenters. The van der Waals surface area contributed by atoms with Gasteiger partial charge in [0.15, 0.2) is 0 Å². The Morgan fingerprint density at radius 1 is 1.25 bits per heavy atom. The molecular formula is C12H19F3N2O3. The Balaban J connectivity index is 2.40. The zero-order valence-electron chi connectivity index (χ0n) is 11.9. The summed E-state index contributed by atoms with van der Waals surface area (Å²) < 4.78 is 41.9. The molecule has 2 amide bonds. The van der Waals surface area contributed by atoms with Gasteiger partial charge in [-0.2, -0.15) is 13.2 Å². The zero-order chi connectivity index (χ0) is 15.7. The number of nitrogens with one attached hydrogen (secondary N) is 1. The average Bonchev–Trinajstić information content (AvgIpc) is 2.08. The van der Waals surface area contributed by atoms with Crippen LogP contribution in [0, 0.1) is 5.92 Å². The van der Waals surface area contributed by atoms with E-state index in [-0.39, 0.29) is 13.1 Å². The second-order valence-corrected chi connectivity index (χ2v) is 5.85. The van der Waals surface area contributed by atoms with Gasteiger partial charge < -0.3 is 15.0 Å². The maximum Gasteiger partial charge on any atom is 0.408 e. The Morgan fingerprint density at radius 3 is 2.15 bits per heavy atom. The maximum absolute atomic E-state index is 12.3. The van der Waals surface area contributed by atoms with E-state index in [4.69, 9.17) is 4.74 Å². The SMILES string of the molecule is C[C@@H](NC(=O)OC(C)(C)C)C(=O)N1CC(C(F)(F)F)C1. The Labute approximate surface area is 115 Å². The van der Waals surface area contributed by atoms with Gasteiger partial charge in [0.05, 0.1) is 5.92 Å². The fourth-order valence-electron chi connectivity index (χ4n) is 1.69. The third-order valence-electron chi connectivity index (χ3n) is 2.76. The lowest BCUT2D eigenvalue weighted by atomic mass is 9.99. The fourth-order valence-corrected chi connectivity index (χ4v) is 1.69. The number of likely N-dealkylation sites (tertiary alicyclic amines) is 1. The minimum atomic E-state index is -4.28. The Kier molecular flexibility index (Phi) is 4.55. The van der Waals surface area contributed by atoms with Gasteiger partial charge in [-0.15, -0.1) is 0 Å². The monoisotopic (exact) mass is 296 g/mol. The zero-order valence-corrected chi connectivity index (χ0v) is 11.9. The van der Waals surface area contributed by atoms with Crippen LogP contribution in [0.5, 0.6) is 0 Å². The van der Waals surface area contributed by atoms with Crippen molar-refractivity contribution in [1.82, 2.24) is 10.2 Å². The molecule has 1 atom stereocenters. The van der Waals surface area contributed by atoms with Crippen LogP contribution in [0.4, 0.5) is 18.0 Å². The first kappa shape index (κ1) is 16.6. The molecule has 1 rings (SSSR count). The molecule has 8 heteroatoms.